The Hall–Kier alpha value is 0.160. The molecule has 1 unspecified atom stereocenters. The maximum atomic E-state index is 11.7. The molecule has 1 aliphatic rings. The van der Waals surface area contributed by atoms with Crippen LogP contribution in [0.3, 0.4) is 0 Å². The summed E-state index contributed by atoms with van der Waals surface area (Å²) in [6.45, 7) is 4.56. The van der Waals surface area contributed by atoms with Crippen molar-refractivity contribution < 1.29 is 13.2 Å². The van der Waals surface area contributed by atoms with Gasteiger partial charge in [-0.1, -0.05) is 0 Å². The first kappa shape index (κ1) is 14.2. The van der Waals surface area contributed by atoms with E-state index in [0.29, 0.717) is 25.3 Å². The molecule has 1 atom stereocenters. The van der Waals surface area contributed by atoms with E-state index in [0.717, 1.165) is 6.42 Å². The molecule has 0 spiro atoms. The summed E-state index contributed by atoms with van der Waals surface area (Å²) in [7, 11) is -3.18. The number of hydrogen-bond acceptors (Lipinski definition) is 3. The monoisotopic (exact) mass is 269 g/mol. The van der Waals surface area contributed by atoms with E-state index in [1.807, 2.05) is 13.8 Å². The van der Waals surface area contributed by atoms with Crippen LogP contribution in [0, 0.1) is 0 Å². The van der Waals surface area contributed by atoms with Crippen LogP contribution in [0.1, 0.15) is 33.1 Å². The number of ether oxygens (including phenoxy) is 1. The minimum atomic E-state index is -3.18. The summed E-state index contributed by atoms with van der Waals surface area (Å²) in [6, 6.07) is -0.0101. The molecule has 0 bridgehead atoms. The van der Waals surface area contributed by atoms with Crippen LogP contribution in [-0.2, 0) is 14.8 Å². The number of halogens is 1. The standard InChI is InChI=1S/C10H20ClNO3S/c1-10(2)8-9(4-6-15-10)12-16(13,14)7-3-5-11/h9,12H,3-8H2,1-2H3. The van der Waals surface area contributed by atoms with Crippen LogP contribution >= 0.6 is 11.6 Å². The molecule has 0 amide bonds. The van der Waals surface area contributed by atoms with Gasteiger partial charge >= 0.3 is 0 Å². The second kappa shape index (κ2) is 5.67. The summed E-state index contributed by atoms with van der Waals surface area (Å²) in [5.41, 5.74) is -0.238. The Kier molecular flexibility index (Phi) is 5.04. The zero-order valence-electron chi connectivity index (χ0n) is 9.83. The lowest BCUT2D eigenvalue weighted by atomic mass is 9.95. The summed E-state index contributed by atoms with van der Waals surface area (Å²) in [5.74, 6) is 0.481. The Labute approximate surface area is 103 Å². The molecular weight excluding hydrogens is 250 g/mol. The number of sulfonamides is 1. The number of nitrogens with one attached hydrogen (secondary N) is 1. The van der Waals surface area contributed by atoms with Crippen molar-refractivity contribution in [1.82, 2.24) is 4.72 Å². The molecule has 0 aromatic carbocycles. The third-order valence-corrected chi connectivity index (χ3v) is 4.38. The third kappa shape index (κ3) is 4.99. The summed E-state index contributed by atoms with van der Waals surface area (Å²) in [6.07, 6.45) is 1.94. The van der Waals surface area contributed by atoms with Gasteiger partial charge < -0.3 is 4.74 Å². The SMILES string of the molecule is CC1(C)CC(NS(=O)(=O)CCCCl)CCO1. The Bertz CT molecular complexity index is 316. The first-order valence-electron chi connectivity index (χ1n) is 5.54. The molecule has 0 saturated carbocycles. The molecule has 1 fully saturated rings. The molecule has 0 aliphatic carbocycles. The highest BCUT2D eigenvalue weighted by molar-refractivity contribution is 7.89. The van der Waals surface area contributed by atoms with E-state index >= 15 is 0 Å². The van der Waals surface area contributed by atoms with E-state index in [-0.39, 0.29) is 17.4 Å². The Morgan fingerprint density at radius 3 is 2.75 bits per heavy atom. The minimum Gasteiger partial charge on any atom is -0.375 e. The molecule has 1 heterocycles. The van der Waals surface area contributed by atoms with Crippen molar-refractivity contribution in [3.63, 3.8) is 0 Å². The van der Waals surface area contributed by atoms with Gasteiger partial charge in [0.25, 0.3) is 0 Å². The zero-order chi connectivity index (χ0) is 12.2. The van der Waals surface area contributed by atoms with Gasteiger partial charge in [-0.25, -0.2) is 13.1 Å². The lowest BCUT2D eigenvalue weighted by molar-refractivity contribution is -0.0599. The van der Waals surface area contributed by atoms with Crippen LogP contribution in [-0.4, -0.2) is 38.3 Å². The normalized spacial score (nSPS) is 25.6. The summed E-state index contributed by atoms with van der Waals surface area (Å²) >= 11 is 5.48. The van der Waals surface area contributed by atoms with Crippen LogP contribution < -0.4 is 4.72 Å². The predicted octanol–water partition coefficient (Wildman–Crippen LogP) is 1.49. The average molecular weight is 270 g/mol. The van der Waals surface area contributed by atoms with Gasteiger partial charge in [-0.05, 0) is 33.1 Å². The first-order valence-corrected chi connectivity index (χ1v) is 7.73. The van der Waals surface area contributed by atoms with Gasteiger partial charge in [0, 0.05) is 18.5 Å². The molecule has 1 rings (SSSR count). The topological polar surface area (TPSA) is 55.4 Å². The van der Waals surface area contributed by atoms with Gasteiger partial charge in [-0.2, -0.15) is 0 Å². The van der Waals surface area contributed by atoms with E-state index in [1.54, 1.807) is 0 Å². The lowest BCUT2D eigenvalue weighted by Crippen LogP contribution is -2.46. The van der Waals surface area contributed by atoms with E-state index in [1.165, 1.54) is 0 Å². The van der Waals surface area contributed by atoms with Crippen molar-refractivity contribution in [1.29, 1.82) is 0 Å². The van der Waals surface area contributed by atoms with Crippen molar-refractivity contribution in [2.45, 2.75) is 44.8 Å². The van der Waals surface area contributed by atoms with Crippen LogP contribution in [0.2, 0.25) is 0 Å². The van der Waals surface area contributed by atoms with Gasteiger partial charge in [0.1, 0.15) is 0 Å². The average Bonchev–Trinajstić information content (AvgIpc) is 2.12. The highest BCUT2D eigenvalue weighted by Crippen LogP contribution is 2.24. The molecule has 6 heteroatoms. The Morgan fingerprint density at radius 1 is 1.50 bits per heavy atom. The summed E-state index contributed by atoms with van der Waals surface area (Å²) < 4.78 is 31.6. The van der Waals surface area contributed by atoms with E-state index in [2.05, 4.69) is 4.72 Å². The van der Waals surface area contributed by atoms with E-state index in [4.69, 9.17) is 16.3 Å². The third-order valence-electron chi connectivity index (χ3n) is 2.59. The highest BCUT2D eigenvalue weighted by Gasteiger charge is 2.30. The van der Waals surface area contributed by atoms with Crippen LogP contribution in [0.25, 0.3) is 0 Å². The van der Waals surface area contributed by atoms with Gasteiger partial charge in [-0.15, -0.1) is 11.6 Å². The second-order valence-corrected chi connectivity index (χ2v) is 7.03. The van der Waals surface area contributed by atoms with Crippen molar-refractivity contribution >= 4 is 21.6 Å². The maximum absolute atomic E-state index is 11.7. The maximum Gasteiger partial charge on any atom is 0.211 e. The Morgan fingerprint density at radius 2 is 2.19 bits per heavy atom. The molecule has 4 nitrogen and oxygen atoms in total. The number of alkyl halides is 1. The molecule has 1 aliphatic heterocycles. The molecular formula is C10H20ClNO3S. The largest absolute Gasteiger partial charge is 0.375 e. The molecule has 1 saturated heterocycles. The van der Waals surface area contributed by atoms with Crippen LogP contribution in [0.4, 0.5) is 0 Å². The molecule has 1 N–H and O–H groups in total. The van der Waals surface area contributed by atoms with E-state index < -0.39 is 10.0 Å². The van der Waals surface area contributed by atoms with Crippen LogP contribution in [0.5, 0.6) is 0 Å². The molecule has 0 aromatic rings. The van der Waals surface area contributed by atoms with Crippen molar-refractivity contribution in [2.24, 2.45) is 0 Å². The van der Waals surface area contributed by atoms with Gasteiger partial charge in [0.05, 0.1) is 11.4 Å². The quantitative estimate of drug-likeness (QED) is 0.770. The predicted molar refractivity (Wildman–Crippen MR) is 65.3 cm³/mol. The van der Waals surface area contributed by atoms with Gasteiger partial charge in [-0.3, -0.25) is 0 Å². The highest BCUT2D eigenvalue weighted by atomic mass is 35.5. The molecule has 0 aromatic heterocycles. The number of hydrogen-bond donors (Lipinski definition) is 1. The van der Waals surface area contributed by atoms with Crippen LogP contribution in [0.15, 0.2) is 0 Å². The first-order chi connectivity index (χ1) is 7.35. The summed E-state index contributed by atoms with van der Waals surface area (Å²) in [5, 5.41) is 0. The summed E-state index contributed by atoms with van der Waals surface area (Å²) in [4.78, 5) is 0. The van der Waals surface area contributed by atoms with Gasteiger partial charge in [0.2, 0.25) is 10.0 Å². The lowest BCUT2D eigenvalue weighted by Gasteiger charge is -2.35. The minimum absolute atomic E-state index is 0.0101. The van der Waals surface area contributed by atoms with Crippen molar-refractivity contribution in [2.75, 3.05) is 18.2 Å². The molecule has 96 valence electrons. The van der Waals surface area contributed by atoms with Gasteiger partial charge in [0.15, 0.2) is 0 Å². The van der Waals surface area contributed by atoms with E-state index in [9.17, 15) is 8.42 Å². The smallest absolute Gasteiger partial charge is 0.211 e. The molecule has 0 radical (unpaired) electrons. The number of rotatable bonds is 5. The Balaban J connectivity index is 2.47. The fourth-order valence-electron chi connectivity index (χ4n) is 1.89. The fraction of sp³-hybridized carbons (Fsp3) is 1.00. The molecule has 16 heavy (non-hydrogen) atoms. The zero-order valence-corrected chi connectivity index (χ0v) is 11.4. The van der Waals surface area contributed by atoms with Crippen molar-refractivity contribution in [3.8, 4) is 0 Å². The van der Waals surface area contributed by atoms with Crippen molar-refractivity contribution in [3.05, 3.63) is 0 Å². The fourth-order valence-corrected chi connectivity index (χ4v) is 3.53. The second-order valence-electron chi connectivity index (χ2n) is 4.78.